The van der Waals surface area contributed by atoms with E-state index in [-0.39, 0.29) is 30.6 Å². The Morgan fingerprint density at radius 2 is 1.79 bits per heavy atom. The van der Waals surface area contributed by atoms with Gasteiger partial charge >= 0.3 is 6.18 Å². The van der Waals surface area contributed by atoms with E-state index in [9.17, 15) is 18.0 Å². The highest BCUT2D eigenvalue weighted by Gasteiger charge is 2.42. The zero-order chi connectivity index (χ0) is 30.0. The fourth-order valence-corrected chi connectivity index (χ4v) is 5.87. The first-order chi connectivity index (χ1) is 20.1. The summed E-state index contributed by atoms with van der Waals surface area (Å²) in [4.78, 5) is 19.5. The van der Waals surface area contributed by atoms with Gasteiger partial charge in [-0.3, -0.25) is 9.78 Å². The SMILES string of the molecule is COc1ccccc1NC(=O)CCN1C(=S)N[C@@H](c2ccccn2)[C@H]1c1cc(C)n(-c2ccccc2C(F)(F)F)c1C. The van der Waals surface area contributed by atoms with E-state index < -0.39 is 17.8 Å². The largest absolute Gasteiger partial charge is 0.495 e. The molecule has 0 unspecified atom stereocenters. The van der Waals surface area contributed by atoms with Gasteiger partial charge in [0.15, 0.2) is 5.11 Å². The molecule has 1 aliphatic rings. The molecule has 5 rings (SSSR count). The Morgan fingerprint density at radius 3 is 2.50 bits per heavy atom. The number of anilines is 1. The van der Waals surface area contributed by atoms with Gasteiger partial charge in [-0.25, -0.2) is 0 Å². The smallest absolute Gasteiger partial charge is 0.418 e. The molecule has 2 aromatic heterocycles. The summed E-state index contributed by atoms with van der Waals surface area (Å²) in [5.74, 6) is 0.316. The highest BCUT2D eigenvalue weighted by atomic mass is 32.1. The third-order valence-corrected chi connectivity index (χ3v) is 7.75. The molecule has 1 saturated heterocycles. The fourth-order valence-electron chi connectivity index (χ4n) is 5.53. The summed E-state index contributed by atoms with van der Waals surface area (Å²) in [6.07, 6.45) is -2.72. The van der Waals surface area contributed by atoms with Crippen molar-refractivity contribution in [2.45, 2.75) is 38.5 Å². The minimum Gasteiger partial charge on any atom is -0.495 e. The number of nitrogens with one attached hydrogen (secondary N) is 2. The van der Waals surface area contributed by atoms with Crippen molar-refractivity contribution in [2.75, 3.05) is 19.0 Å². The van der Waals surface area contributed by atoms with Gasteiger partial charge in [0.2, 0.25) is 5.91 Å². The number of methoxy groups -OCH3 is 1. The molecule has 42 heavy (non-hydrogen) atoms. The van der Waals surface area contributed by atoms with E-state index in [1.807, 2.05) is 35.2 Å². The number of thiocarbonyl (C=S) groups is 1. The molecule has 11 heteroatoms. The molecule has 3 heterocycles. The summed E-state index contributed by atoms with van der Waals surface area (Å²) >= 11 is 5.74. The summed E-state index contributed by atoms with van der Waals surface area (Å²) in [5.41, 5.74) is 2.70. The van der Waals surface area contributed by atoms with Crippen molar-refractivity contribution in [3.8, 4) is 11.4 Å². The van der Waals surface area contributed by atoms with Crippen LogP contribution < -0.4 is 15.4 Å². The number of halogens is 3. The minimum absolute atomic E-state index is 0.0527. The fraction of sp³-hybridized carbons (Fsp3) is 0.258. The number of hydrogen-bond acceptors (Lipinski definition) is 4. The van der Waals surface area contributed by atoms with Gasteiger partial charge in [0.1, 0.15) is 5.75 Å². The zero-order valence-electron chi connectivity index (χ0n) is 23.3. The highest BCUT2D eigenvalue weighted by Crippen LogP contribution is 2.43. The average Bonchev–Trinajstić information content (AvgIpc) is 3.46. The predicted molar refractivity (Wildman–Crippen MR) is 159 cm³/mol. The Morgan fingerprint density at radius 1 is 1.07 bits per heavy atom. The van der Waals surface area contributed by atoms with E-state index in [1.165, 1.54) is 19.2 Å². The van der Waals surface area contributed by atoms with Gasteiger partial charge in [-0.05, 0) is 74.1 Å². The number of amides is 1. The monoisotopic (exact) mass is 593 g/mol. The van der Waals surface area contributed by atoms with Gasteiger partial charge in [-0.15, -0.1) is 0 Å². The maximum Gasteiger partial charge on any atom is 0.418 e. The maximum atomic E-state index is 14.0. The standard InChI is InChI=1S/C31H30F3N5O2S/c1-19-18-21(20(2)39(19)25-13-6-4-10-22(25)31(32,33)34)29-28(24-12-8-9-16-35-24)37-30(42)38(29)17-15-27(40)36-23-11-5-7-14-26(23)41-3/h4-14,16,18,28-29H,15,17H2,1-3H3,(H,36,40)(H,37,42)/t28-,29+/m0/s1. The van der Waals surface area contributed by atoms with Crippen LogP contribution in [0.3, 0.4) is 0 Å². The van der Waals surface area contributed by atoms with Gasteiger partial charge in [0.25, 0.3) is 0 Å². The van der Waals surface area contributed by atoms with Crippen molar-refractivity contribution < 1.29 is 22.7 Å². The van der Waals surface area contributed by atoms with Crippen LogP contribution in [0.2, 0.25) is 0 Å². The van der Waals surface area contributed by atoms with Crippen LogP contribution in [0.1, 0.15) is 46.7 Å². The number of carbonyl (C=O) groups is 1. The van der Waals surface area contributed by atoms with Crippen molar-refractivity contribution in [1.82, 2.24) is 19.8 Å². The molecule has 2 N–H and O–H groups in total. The highest BCUT2D eigenvalue weighted by molar-refractivity contribution is 7.80. The number of aromatic nitrogens is 2. The second kappa shape index (κ2) is 11.8. The van der Waals surface area contributed by atoms with Crippen LogP contribution in [0.4, 0.5) is 18.9 Å². The second-order valence-electron chi connectivity index (χ2n) is 10.00. The second-order valence-corrected chi connectivity index (χ2v) is 10.4. The molecular weight excluding hydrogens is 563 g/mol. The Hall–Kier alpha value is -4.38. The van der Waals surface area contributed by atoms with Crippen molar-refractivity contribution >= 4 is 28.9 Å². The molecule has 2 aromatic carbocycles. The van der Waals surface area contributed by atoms with Crippen LogP contribution in [-0.2, 0) is 11.0 Å². The average molecular weight is 594 g/mol. The lowest BCUT2D eigenvalue weighted by Gasteiger charge is -2.28. The van der Waals surface area contributed by atoms with E-state index in [1.54, 1.807) is 48.9 Å². The summed E-state index contributed by atoms with van der Waals surface area (Å²) in [6.45, 7) is 3.85. The Labute approximate surface area is 247 Å². The lowest BCUT2D eigenvalue weighted by atomic mass is 9.96. The van der Waals surface area contributed by atoms with Gasteiger partial charge in [0, 0.05) is 30.6 Å². The van der Waals surface area contributed by atoms with Gasteiger partial charge in [-0.1, -0.05) is 30.3 Å². The van der Waals surface area contributed by atoms with Crippen molar-refractivity contribution in [3.05, 3.63) is 107 Å². The maximum absolute atomic E-state index is 14.0. The molecule has 0 bridgehead atoms. The number of aryl methyl sites for hydroxylation is 1. The van der Waals surface area contributed by atoms with E-state index in [2.05, 4.69) is 15.6 Å². The van der Waals surface area contributed by atoms with Crippen LogP contribution in [-0.4, -0.2) is 39.1 Å². The van der Waals surface area contributed by atoms with Crippen molar-refractivity contribution in [3.63, 3.8) is 0 Å². The first-order valence-corrected chi connectivity index (χ1v) is 13.8. The third-order valence-electron chi connectivity index (χ3n) is 7.40. The topological polar surface area (TPSA) is 71.4 Å². The minimum atomic E-state index is -4.52. The molecule has 2 atom stereocenters. The van der Waals surface area contributed by atoms with E-state index >= 15 is 0 Å². The first-order valence-electron chi connectivity index (χ1n) is 13.4. The Kier molecular flexibility index (Phi) is 8.22. The van der Waals surface area contributed by atoms with Crippen LogP contribution in [0.25, 0.3) is 5.69 Å². The Balaban J connectivity index is 1.51. The van der Waals surface area contributed by atoms with E-state index in [0.29, 0.717) is 27.9 Å². The molecule has 1 amide bonds. The summed E-state index contributed by atoms with van der Waals surface area (Å²) in [5, 5.41) is 6.66. The molecule has 0 aliphatic carbocycles. The summed E-state index contributed by atoms with van der Waals surface area (Å²) in [7, 11) is 1.53. The van der Waals surface area contributed by atoms with Crippen LogP contribution in [0.5, 0.6) is 5.75 Å². The van der Waals surface area contributed by atoms with Gasteiger partial charge in [0.05, 0.1) is 41.8 Å². The number of ether oxygens (including phenoxy) is 1. The van der Waals surface area contributed by atoms with Crippen molar-refractivity contribution in [1.29, 1.82) is 0 Å². The Bertz CT molecular complexity index is 1610. The summed E-state index contributed by atoms with van der Waals surface area (Å²) < 4.78 is 48.9. The number of pyridine rings is 1. The molecule has 0 spiro atoms. The number of alkyl halides is 3. The molecule has 1 fully saturated rings. The van der Waals surface area contributed by atoms with Crippen LogP contribution >= 0.6 is 12.2 Å². The first kappa shape index (κ1) is 29.1. The predicted octanol–water partition coefficient (Wildman–Crippen LogP) is 6.52. The van der Waals surface area contributed by atoms with Gasteiger partial charge < -0.3 is 24.8 Å². The molecule has 218 valence electrons. The molecule has 4 aromatic rings. The number of nitrogens with zero attached hydrogens (tertiary/aromatic N) is 3. The zero-order valence-corrected chi connectivity index (χ0v) is 24.1. The van der Waals surface area contributed by atoms with Crippen LogP contribution in [0, 0.1) is 13.8 Å². The summed E-state index contributed by atoms with van der Waals surface area (Å²) in [6, 6.07) is 19.3. The number of carbonyl (C=O) groups excluding carboxylic acids is 1. The number of hydrogen-bond donors (Lipinski definition) is 2. The van der Waals surface area contributed by atoms with Gasteiger partial charge in [-0.2, -0.15) is 13.2 Å². The molecule has 0 radical (unpaired) electrons. The molecule has 7 nitrogen and oxygen atoms in total. The third kappa shape index (κ3) is 5.69. The van der Waals surface area contributed by atoms with E-state index in [0.717, 1.165) is 17.3 Å². The molecular formula is C31H30F3N5O2S. The van der Waals surface area contributed by atoms with E-state index in [4.69, 9.17) is 17.0 Å². The number of para-hydroxylation sites is 3. The molecule has 0 saturated carbocycles. The van der Waals surface area contributed by atoms with Crippen molar-refractivity contribution in [2.24, 2.45) is 0 Å². The van der Waals surface area contributed by atoms with Crippen LogP contribution in [0.15, 0.2) is 79.0 Å². The quantitative estimate of drug-likeness (QED) is 0.227. The normalized spacial score (nSPS) is 16.8. The number of rotatable bonds is 8. The lowest BCUT2D eigenvalue weighted by Crippen LogP contribution is -2.33. The number of benzene rings is 2. The lowest BCUT2D eigenvalue weighted by molar-refractivity contribution is -0.137. The molecule has 1 aliphatic heterocycles.